The van der Waals surface area contributed by atoms with Crippen LogP contribution in [0.4, 0.5) is 29.0 Å². The van der Waals surface area contributed by atoms with Crippen molar-refractivity contribution in [3.8, 4) is 11.1 Å². The molecule has 41 heavy (non-hydrogen) atoms. The SMILES string of the molecule is CN1CCN(c2ncc(Nc3ncc(Br)c(Nc4ccc5nccnc5c4P(C)C)n3)cc2-c2cnn(C)c2)CC1. The minimum absolute atomic E-state index is 0.458. The molecule has 0 spiro atoms. The van der Waals surface area contributed by atoms with Crippen molar-refractivity contribution < 1.29 is 0 Å². The molecule has 5 heterocycles. The molecule has 0 aliphatic carbocycles. The van der Waals surface area contributed by atoms with E-state index in [0.717, 1.165) is 75.3 Å². The summed E-state index contributed by atoms with van der Waals surface area (Å²) in [5, 5.41) is 12.4. The molecular weight excluding hydrogens is 601 g/mol. The van der Waals surface area contributed by atoms with Gasteiger partial charge in [-0.2, -0.15) is 10.1 Å². The highest BCUT2D eigenvalue weighted by Crippen LogP contribution is 2.35. The Morgan fingerprint density at radius 2 is 1.71 bits per heavy atom. The highest BCUT2D eigenvalue weighted by molar-refractivity contribution is 9.10. The number of pyridine rings is 1. The summed E-state index contributed by atoms with van der Waals surface area (Å²) in [5.41, 5.74) is 5.57. The molecule has 2 N–H and O–H groups in total. The van der Waals surface area contributed by atoms with E-state index < -0.39 is 7.92 Å². The van der Waals surface area contributed by atoms with Crippen LogP contribution in [0.5, 0.6) is 0 Å². The molecule has 0 unspecified atom stereocenters. The average molecular weight is 633 g/mol. The van der Waals surface area contributed by atoms with Gasteiger partial charge < -0.3 is 20.4 Å². The van der Waals surface area contributed by atoms with Gasteiger partial charge in [0, 0.05) is 80.1 Å². The quantitative estimate of drug-likeness (QED) is 0.247. The van der Waals surface area contributed by atoms with E-state index in [1.165, 1.54) is 0 Å². The number of aromatic nitrogens is 7. The van der Waals surface area contributed by atoms with Crippen molar-refractivity contribution in [3.63, 3.8) is 0 Å². The summed E-state index contributed by atoms with van der Waals surface area (Å²) in [6.45, 7) is 8.28. The molecular formula is C28H31BrN11P. The molecule has 1 aliphatic rings. The second-order valence-corrected chi connectivity index (χ2v) is 13.3. The van der Waals surface area contributed by atoms with E-state index in [2.05, 4.69) is 82.9 Å². The fourth-order valence-electron chi connectivity index (χ4n) is 4.92. The third-order valence-electron chi connectivity index (χ3n) is 7.00. The number of nitrogens with one attached hydrogen (secondary N) is 2. The van der Waals surface area contributed by atoms with E-state index in [0.29, 0.717) is 11.8 Å². The topological polar surface area (TPSA) is 113 Å². The van der Waals surface area contributed by atoms with Crippen LogP contribution < -0.4 is 20.8 Å². The number of fused-ring (bicyclic) bond motifs is 1. The molecule has 0 amide bonds. The molecule has 0 saturated carbocycles. The Labute approximate surface area is 248 Å². The van der Waals surface area contributed by atoms with Crippen molar-refractivity contribution in [2.24, 2.45) is 7.05 Å². The fourth-order valence-corrected chi connectivity index (χ4v) is 6.41. The van der Waals surface area contributed by atoms with Crippen LogP contribution in [0.1, 0.15) is 0 Å². The van der Waals surface area contributed by atoms with Crippen molar-refractivity contribution in [1.82, 2.24) is 39.6 Å². The zero-order chi connectivity index (χ0) is 28.5. The number of hydrogen-bond acceptors (Lipinski definition) is 10. The lowest BCUT2D eigenvalue weighted by atomic mass is 10.1. The summed E-state index contributed by atoms with van der Waals surface area (Å²) < 4.78 is 2.56. The number of halogens is 1. The Kier molecular flexibility index (Phi) is 7.79. The number of likely N-dealkylation sites (N-methyl/N-ethyl adjacent to an activating group) is 1. The first-order valence-electron chi connectivity index (χ1n) is 13.3. The molecule has 13 heteroatoms. The van der Waals surface area contributed by atoms with Crippen molar-refractivity contribution >= 4 is 69.1 Å². The summed E-state index contributed by atoms with van der Waals surface area (Å²) in [7, 11) is 3.61. The van der Waals surface area contributed by atoms with Crippen LogP contribution in [-0.4, -0.2) is 86.2 Å². The van der Waals surface area contributed by atoms with E-state index >= 15 is 0 Å². The van der Waals surface area contributed by atoms with Gasteiger partial charge in [0.2, 0.25) is 5.95 Å². The largest absolute Gasteiger partial charge is 0.354 e. The van der Waals surface area contributed by atoms with Crippen LogP contribution in [0.3, 0.4) is 0 Å². The molecule has 1 aliphatic heterocycles. The highest BCUT2D eigenvalue weighted by Gasteiger charge is 2.21. The predicted molar refractivity (Wildman–Crippen MR) is 170 cm³/mol. The van der Waals surface area contributed by atoms with Crippen molar-refractivity contribution in [3.05, 3.63) is 59.9 Å². The standard InChI is InChI=1S/C28H31BrN11P/c1-38-9-11-40(12-10-38)27-20(18-14-34-39(2)17-18)13-19(15-32-27)35-28-33-16-21(29)26(37-28)36-23-6-5-22-24(25(23)41(3)4)31-8-7-30-22/h5-8,13-17H,9-12H2,1-4H3,(H2,33,35,36,37). The van der Waals surface area contributed by atoms with Gasteiger partial charge in [0.05, 0.1) is 33.6 Å². The second kappa shape index (κ2) is 11.6. The minimum atomic E-state index is -0.466. The van der Waals surface area contributed by atoms with Gasteiger partial charge in [-0.3, -0.25) is 14.6 Å². The number of nitrogens with zero attached hydrogens (tertiary/aromatic N) is 9. The maximum absolute atomic E-state index is 4.89. The van der Waals surface area contributed by atoms with Gasteiger partial charge in [0.15, 0.2) is 0 Å². The van der Waals surface area contributed by atoms with E-state index in [4.69, 9.17) is 9.97 Å². The van der Waals surface area contributed by atoms with Gasteiger partial charge in [-0.15, -0.1) is 0 Å². The van der Waals surface area contributed by atoms with Gasteiger partial charge in [0.25, 0.3) is 0 Å². The number of anilines is 5. The average Bonchev–Trinajstić information content (AvgIpc) is 3.41. The van der Waals surface area contributed by atoms with Crippen molar-refractivity contribution in [2.75, 3.05) is 62.1 Å². The molecule has 4 aromatic heterocycles. The molecule has 6 rings (SSSR count). The van der Waals surface area contributed by atoms with E-state index in [1.54, 1.807) is 18.6 Å². The summed E-state index contributed by atoms with van der Waals surface area (Å²) in [6.07, 6.45) is 10.9. The monoisotopic (exact) mass is 631 g/mol. The molecule has 1 saturated heterocycles. The van der Waals surface area contributed by atoms with Crippen LogP contribution in [0.15, 0.2) is 59.9 Å². The first-order valence-corrected chi connectivity index (χ1v) is 16.3. The molecule has 11 nitrogen and oxygen atoms in total. The summed E-state index contributed by atoms with van der Waals surface area (Å²) >= 11 is 3.62. The normalized spacial score (nSPS) is 14.1. The first kappa shape index (κ1) is 27.4. The summed E-state index contributed by atoms with van der Waals surface area (Å²) in [5.74, 6) is 2.07. The lowest BCUT2D eigenvalue weighted by Gasteiger charge is -2.34. The number of hydrogen-bond donors (Lipinski definition) is 2. The maximum Gasteiger partial charge on any atom is 0.229 e. The van der Waals surface area contributed by atoms with Gasteiger partial charge >= 0.3 is 0 Å². The number of aryl methyl sites for hydroxylation is 1. The molecule has 1 fully saturated rings. The Bertz CT molecular complexity index is 1700. The molecule has 210 valence electrons. The minimum Gasteiger partial charge on any atom is -0.354 e. The van der Waals surface area contributed by atoms with Crippen molar-refractivity contribution in [1.29, 1.82) is 0 Å². The second-order valence-electron chi connectivity index (χ2n) is 10.2. The number of rotatable bonds is 7. The number of benzene rings is 1. The zero-order valence-electron chi connectivity index (χ0n) is 23.4. The Hall–Kier alpha value is -3.73. The first-order chi connectivity index (χ1) is 19.9. The van der Waals surface area contributed by atoms with Crippen LogP contribution in [-0.2, 0) is 7.05 Å². The van der Waals surface area contributed by atoms with Crippen LogP contribution in [0.25, 0.3) is 22.2 Å². The van der Waals surface area contributed by atoms with Crippen LogP contribution in [0.2, 0.25) is 0 Å². The lowest BCUT2D eigenvalue weighted by Crippen LogP contribution is -2.45. The molecule has 5 aromatic rings. The van der Waals surface area contributed by atoms with E-state index in [-0.39, 0.29) is 0 Å². The van der Waals surface area contributed by atoms with E-state index in [1.807, 2.05) is 42.5 Å². The molecule has 0 atom stereocenters. The van der Waals surface area contributed by atoms with Gasteiger partial charge in [-0.1, -0.05) is 7.92 Å². The zero-order valence-corrected chi connectivity index (χ0v) is 25.9. The number of piperazine rings is 1. The molecule has 0 radical (unpaired) electrons. The van der Waals surface area contributed by atoms with Crippen LogP contribution >= 0.6 is 23.9 Å². The Morgan fingerprint density at radius 1 is 0.902 bits per heavy atom. The summed E-state index contributed by atoms with van der Waals surface area (Å²) in [4.78, 5) is 28.0. The molecule has 0 bridgehead atoms. The van der Waals surface area contributed by atoms with Gasteiger partial charge in [-0.25, -0.2) is 9.97 Å². The fraction of sp³-hybridized carbons (Fsp3) is 0.286. The Balaban J connectivity index is 1.31. The van der Waals surface area contributed by atoms with Gasteiger partial charge in [-0.05, 0) is 54.5 Å². The molecule has 1 aromatic carbocycles. The lowest BCUT2D eigenvalue weighted by molar-refractivity contribution is 0.312. The van der Waals surface area contributed by atoms with Gasteiger partial charge in [0.1, 0.15) is 11.6 Å². The smallest absolute Gasteiger partial charge is 0.229 e. The predicted octanol–water partition coefficient (Wildman–Crippen LogP) is 4.58. The maximum atomic E-state index is 4.89. The highest BCUT2D eigenvalue weighted by atomic mass is 79.9. The Morgan fingerprint density at radius 3 is 2.46 bits per heavy atom. The van der Waals surface area contributed by atoms with E-state index in [9.17, 15) is 0 Å². The third-order valence-corrected chi connectivity index (χ3v) is 8.93. The third kappa shape index (κ3) is 5.86. The van der Waals surface area contributed by atoms with Crippen molar-refractivity contribution in [2.45, 2.75) is 0 Å². The van der Waals surface area contributed by atoms with Crippen LogP contribution in [0, 0.1) is 0 Å². The summed E-state index contributed by atoms with van der Waals surface area (Å²) in [6, 6.07) is 6.12.